The van der Waals surface area contributed by atoms with Crippen LogP contribution < -0.4 is 5.32 Å². The summed E-state index contributed by atoms with van der Waals surface area (Å²) in [7, 11) is -3.25. The van der Waals surface area contributed by atoms with Gasteiger partial charge in [-0.2, -0.15) is 0 Å². The molecule has 1 aliphatic heterocycles. The topological polar surface area (TPSA) is 86.8 Å². The van der Waals surface area contributed by atoms with Gasteiger partial charge in [0.05, 0.1) is 6.26 Å². The number of carbonyl (C=O) groups excluding carboxylic acids is 2. The Hall–Kier alpha value is -2.71. The monoisotopic (exact) mass is 401 g/mol. The van der Waals surface area contributed by atoms with Crippen LogP contribution in [0.15, 0.2) is 54.6 Å². The van der Waals surface area contributed by atoms with Crippen LogP contribution in [0.1, 0.15) is 27.1 Å². The van der Waals surface area contributed by atoms with E-state index in [0.717, 1.165) is 0 Å². The molecule has 3 rings (SSSR count). The number of anilines is 1. The average molecular weight is 401 g/mol. The number of carbonyl (C=O) groups is 2. The van der Waals surface area contributed by atoms with E-state index in [1.165, 1.54) is 10.6 Å². The normalized spacial score (nSPS) is 15.7. The summed E-state index contributed by atoms with van der Waals surface area (Å²) in [5.74, 6) is -0.357. The van der Waals surface area contributed by atoms with Crippen molar-refractivity contribution in [3.8, 4) is 0 Å². The number of amides is 2. The molecule has 148 valence electrons. The van der Waals surface area contributed by atoms with Gasteiger partial charge in [0.2, 0.25) is 10.0 Å². The van der Waals surface area contributed by atoms with Gasteiger partial charge in [-0.05, 0) is 42.8 Å². The predicted octanol–water partition coefficient (Wildman–Crippen LogP) is 2.05. The second-order valence-electron chi connectivity index (χ2n) is 6.71. The molecule has 0 aliphatic carbocycles. The minimum absolute atomic E-state index is 0.142. The highest BCUT2D eigenvalue weighted by molar-refractivity contribution is 7.88. The van der Waals surface area contributed by atoms with Crippen LogP contribution in [0.25, 0.3) is 0 Å². The third-order valence-electron chi connectivity index (χ3n) is 4.64. The molecule has 8 heteroatoms. The molecular formula is C20H23N3O4S. The maximum absolute atomic E-state index is 12.7. The maximum Gasteiger partial charge on any atom is 0.255 e. The standard InChI is InChI=1S/C20H23N3O4S/c1-28(26,27)23-13-5-12-22(14-15-23)20(25)17-8-10-18(11-9-17)21-19(24)16-6-3-2-4-7-16/h2-4,6-11H,5,12-15H2,1H3,(H,21,24). The summed E-state index contributed by atoms with van der Waals surface area (Å²) in [6.45, 7) is 1.60. The van der Waals surface area contributed by atoms with E-state index < -0.39 is 10.0 Å². The zero-order chi connectivity index (χ0) is 20.1. The van der Waals surface area contributed by atoms with Gasteiger partial charge in [0.1, 0.15) is 0 Å². The number of rotatable bonds is 4. The van der Waals surface area contributed by atoms with Crippen molar-refractivity contribution in [1.82, 2.24) is 9.21 Å². The van der Waals surface area contributed by atoms with Crippen LogP contribution in [0.3, 0.4) is 0 Å². The average Bonchev–Trinajstić information content (AvgIpc) is 2.95. The van der Waals surface area contributed by atoms with Crippen molar-refractivity contribution in [2.75, 3.05) is 37.8 Å². The van der Waals surface area contributed by atoms with E-state index in [1.807, 2.05) is 6.07 Å². The molecule has 1 N–H and O–H groups in total. The van der Waals surface area contributed by atoms with Crippen molar-refractivity contribution in [2.24, 2.45) is 0 Å². The second-order valence-corrected chi connectivity index (χ2v) is 8.69. The summed E-state index contributed by atoms with van der Waals surface area (Å²) in [6.07, 6.45) is 1.79. The largest absolute Gasteiger partial charge is 0.337 e. The molecule has 2 amide bonds. The lowest BCUT2D eigenvalue weighted by atomic mass is 10.1. The molecule has 0 bridgehead atoms. The van der Waals surface area contributed by atoms with Crippen LogP contribution in [0.2, 0.25) is 0 Å². The summed E-state index contributed by atoms with van der Waals surface area (Å²) in [4.78, 5) is 26.6. The fraction of sp³-hybridized carbons (Fsp3) is 0.300. The first-order chi connectivity index (χ1) is 13.3. The van der Waals surface area contributed by atoms with Crippen molar-refractivity contribution in [3.63, 3.8) is 0 Å². The predicted molar refractivity (Wildman–Crippen MR) is 108 cm³/mol. The fourth-order valence-electron chi connectivity index (χ4n) is 3.10. The lowest BCUT2D eigenvalue weighted by Crippen LogP contribution is -2.36. The van der Waals surface area contributed by atoms with Gasteiger partial charge in [-0.25, -0.2) is 12.7 Å². The quantitative estimate of drug-likeness (QED) is 0.849. The first-order valence-corrected chi connectivity index (χ1v) is 10.9. The molecule has 0 spiro atoms. The number of nitrogens with one attached hydrogen (secondary N) is 1. The molecule has 1 heterocycles. The summed E-state index contributed by atoms with van der Waals surface area (Å²) in [6, 6.07) is 15.6. The Balaban J connectivity index is 1.63. The summed E-state index contributed by atoms with van der Waals surface area (Å²) >= 11 is 0. The lowest BCUT2D eigenvalue weighted by Gasteiger charge is -2.21. The van der Waals surface area contributed by atoms with Crippen LogP contribution >= 0.6 is 0 Å². The Bertz CT molecular complexity index is 943. The highest BCUT2D eigenvalue weighted by Gasteiger charge is 2.24. The Kier molecular flexibility index (Phi) is 6.11. The maximum atomic E-state index is 12.7. The smallest absolute Gasteiger partial charge is 0.255 e. The van der Waals surface area contributed by atoms with Crippen molar-refractivity contribution in [1.29, 1.82) is 0 Å². The minimum Gasteiger partial charge on any atom is -0.337 e. The molecule has 1 aliphatic rings. The molecule has 0 atom stereocenters. The number of sulfonamides is 1. The zero-order valence-electron chi connectivity index (χ0n) is 15.7. The Labute approximate surface area is 165 Å². The first-order valence-electron chi connectivity index (χ1n) is 9.05. The number of hydrogen-bond donors (Lipinski definition) is 1. The van der Waals surface area contributed by atoms with Crippen molar-refractivity contribution >= 4 is 27.5 Å². The van der Waals surface area contributed by atoms with E-state index in [2.05, 4.69) is 5.32 Å². The van der Waals surface area contributed by atoms with Crippen LogP contribution in [0.4, 0.5) is 5.69 Å². The van der Waals surface area contributed by atoms with E-state index in [1.54, 1.807) is 53.4 Å². The minimum atomic E-state index is -3.25. The number of hydrogen-bond acceptors (Lipinski definition) is 4. The molecule has 0 radical (unpaired) electrons. The van der Waals surface area contributed by atoms with Crippen LogP contribution in [-0.2, 0) is 10.0 Å². The van der Waals surface area contributed by atoms with E-state index >= 15 is 0 Å². The molecule has 2 aromatic carbocycles. The van der Waals surface area contributed by atoms with E-state index in [4.69, 9.17) is 0 Å². The van der Waals surface area contributed by atoms with Crippen LogP contribution in [0.5, 0.6) is 0 Å². The molecule has 0 saturated carbocycles. The Morgan fingerprint density at radius 3 is 2.18 bits per heavy atom. The van der Waals surface area contributed by atoms with Crippen molar-refractivity contribution < 1.29 is 18.0 Å². The van der Waals surface area contributed by atoms with Gasteiger partial charge in [0.15, 0.2) is 0 Å². The van der Waals surface area contributed by atoms with Crippen LogP contribution in [0, 0.1) is 0 Å². The molecule has 1 fully saturated rings. The van der Waals surface area contributed by atoms with Gasteiger partial charge >= 0.3 is 0 Å². The third kappa shape index (κ3) is 4.96. The van der Waals surface area contributed by atoms with E-state index in [0.29, 0.717) is 49.4 Å². The zero-order valence-corrected chi connectivity index (χ0v) is 16.5. The molecule has 2 aromatic rings. The Morgan fingerprint density at radius 1 is 0.857 bits per heavy atom. The van der Waals surface area contributed by atoms with Gasteiger partial charge in [0.25, 0.3) is 11.8 Å². The molecule has 28 heavy (non-hydrogen) atoms. The van der Waals surface area contributed by atoms with Crippen molar-refractivity contribution in [3.05, 3.63) is 65.7 Å². The highest BCUT2D eigenvalue weighted by atomic mass is 32.2. The summed E-state index contributed by atoms with van der Waals surface area (Å²) < 4.78 is 24.8. The first kappa shape index (κ1) is 20.0. The summed E-state index contributed by atoms with van der Waals surface area (Å²) in [5, 5.41) is 2.80. The Morgan fingerprint density at radius 2 is 1.54 bits per heavy atom. The van der Waals surface area contributed by atoms with Crippen molar-refractivity contribution in [2.45, 2.75) is 6.42 Å². The van der Waals surface area contributed by atoms with Gasteiger partial charge in [0, 0.05) is 43.0 Å². The highest BCUT2D eigenvalue weighted by Crippen LogP contribution is 2.15. The second kappa shape index (κ2) is 8.53. The lowest BCUT2D eigenvalue weighted by molar-refractivity contribution is 0.0764. The number of benzene rings is 2. The van der Waals surface area contributed by atoms with E-state index in [9.17, 15) is 18.0 Å². The SMILES string of the molecule is CS(=O)(=O)N1CCCN(C(=O)c2ccc(NC(=O)c3ccccc3)cc2)CC1. The molecule has 0 aromatic heterocycles. The third-order valence-corrected chi connectivity index (χ3v) is 5.94. The van der Waals surface area contributed by atoms with E-state index in [-0.39, 0.29) is 11.8 Å². The van der Waals surface area contributed by atoms with Gasteiger partial charge in [-0.1, -0.05) is 18.2 Å². The van der Waals surface area contributed by atoms with Gasteiger partial charge in [-0.3, -0.25) is 9.59 Å². The van der Waals surface area contributed by atoms with Gasteiger partial charge in [-0.15, -0.1) is 0 Å². The number of nitrogens with zero attached hydrogens (tertiary/aromatic N) is 2. The van der Waals surface area contributed by atoms with Crippen LogP contribution in [-0.4, -0.2) is 61.9 Å². The van der Waals surface area contributed by atoms with Gasteiger partial charge < -0.3 is 10.2 Å². The fourth-order valence-corrected chi connectivity index (χ4v) is 3.97. The summed E-state index contributed by atoms with van der Waals surface area (Å²) in [5.41, 5.74) is 1.66. The molecular weight excluding hydrogens is 378 g/mol. The molecule has 0 unspecified atom stereocenters. The molecule has 7 nitrogen and oxygen atoms in total. The molecule has 1 saturated heterocycles.